The average Bonchev–Trinajstić information content (AvgIpc) is 2.73. The molecule has 0 fully saturated rings. The van der Waals surface area contributed by atoms with Crippen LogP contribution in [0.2, 0.25) is 0 Å². The monoisotopic (exact) mass is 417 g/mol. The summed E-state index contributed by atoms with van der Waals surface area (Å²) in [6, 6.07) is 1.19. The van der Waals surface area contributed by atoms with Crippen LogP contribution in [0.3, 0.4) is 0 Å². The summed E-state index contributed by atoms with van der Waals surface area (Å²) in [5.74, 6) is 5.20. The highest BCUT2D eigenvalue weighted by atomic mass is 16.5. The van der Waals surface area contributed by atoms with Gasteiger partial charge in [0.15, 0.2) is 0 Å². The Morgan fingerprint density at radius 2 is 2.17 bits per heavy atom. The van der Waals surface area contributed by atoms with Crippen LogP contribution in [0.4, 0.5) is 0 Å². The molecule has 0 aliphatic carbocycles. The molecule has 4 atom stereocenters. The van der Waals surface area contributed by atoms with E-state index in [1.54, 1.807) is 43.7 Å². The Morgan fingerprint density at radius 1 is 1.47 bits per heavy atom. The second-order valence-corrected chi connectivity index (χ2v) is 7.77. The highest BCUT2D eigenvalue weighted by molar-refractivity contribution is 5.97. The first-order valence-corrected chi connectivity index (χ1v) is 10.2. The third-order valence-corrected chi connectivity index (χ3v) is 5.13. The summed E-state index contributed by atoms with van der Waals surface area (Å²) < 4.78 is 6.11. The van der Waals surface area contributed by atoms with Crippen LogP contribution in [0, 0.1) is 17.8 Å². The number of hydrogen-bond donors (Lipinski definition) is 2. The highest BCUT2D eigenvalue weighted by Gasteiger charge is 2.34. The van der Waals surface area contributed by atoms with Crippen LogP contribution in [-0.2, 0) is 4.79 Å². The van der Waals surface area contributed by atoms with Crippen molar-refractivity contribution in [1.29, 1.82) is 0 Å². The van der Waals surface area contributed by atoms with Crippen molar-refractivity contribution in [2.45, 2.75) is 52.4 Å². The molecule has 2 rings (SSSR count). The maximum absolute atomic E-state index is 13.2. The molecule has 1 aliphatic heterocycles. The number of likely N-dealkylation sites (N-methyl/N-ethyl adjacent to an activating group) is 1. The van der Waals surface area contributed by atoms with Crippen LogP contribution in [0.25, 0.3) is 0 Å². The first kappa shape index (κ1) is 23.6. The number of aliphatic hydroxyl groups excluding tert-OH is 2. The van der Waals surface area contributed by atoms with Gasteiger partial charge >= 0.3 is 0 Å². The van der Waals surface area contributed by atoms with E-state index in [0.717, 1.165) is 0 Å². The summed E-state index contributed by atoms with van der Waals surface area (Å²) >= 11 is 0. The molecule has 2 amide bonds. The number of pyridine rings is 1. The number of aliphatic hydroxyl groups is 2. The molecule has 8 heteroatoms. The number of hydrogen-bond acceptors (Lipinski definition) is 6. The Bertz CT molecular complexity index is 830. The van der Waals surface area contributed by atoms with Gasteiger partial charge in [0.05, 0.1) is 19.2 Å². The van der Waals surface area contributed by atoms with Gasteiger partial charge in [0.2, 0.25) is 11.8 Å². The average molecular weight is 418 g/mol. The molecule has 1 aliphatic rings. The summed E-state index contributed by atoms with van der Waals surface area (Å²) in [5, 5.41) is 19.1. The first-order chi connectivity index (χ1) is 14.2. The zero-order chi connectivity index (χ0) is 22.4. The van der Waals surface area contributed by atoms with Crippen LogP contribution >= 0.6 is 0 Å². The molecule has 1 aromatic rings. The summed E-state index contributed by atoms with van der Waals surface area (Å²) in [4.78, 5) is 32.8. The molecule has 0 bridgehead atoms. The molecule has 2 heterocycles. The molecule has 2 N–H and O–H groups in total. The number of ether oxygens (including phenoxy) is 1. The zero-order valence-electron chi connectivity index (χ0n) is 18.3. The first-order valence-electron chi connectivity index (χ1n) is 10.2. The van der Waals surface area contributed by atoms with Gasteiger partial charge in [-0.2, -0.15) is 0 Å². The Hall–Kier alpha value is -2.63. The van der Waals surface area contributed by atoms with Crippen molar-refractivity contribution in [1.82, 2.24) is 14.8 Å². The number of carbonyl (C=O) groups is 2. The fourth-order valence-corrected chi connectivity index (χ4v) is 3.22. The van der Waals surface area contributed by atoms with E-state index >= 15 is 0 Å². The van der Waals surface area contributed by atoms with E-state index < -0.39 is 12.1 Å². The van der Waals surface area contributed by atoms with Crippen LogP contribution in [-0.4, -0.2) is 81.8 Å². The fourth-order valence-electron chi connectivity index (χ4n) is 3.22. The van der Waals surface area contributed by atoms with Gasteiger partial charge in [-0.05, 0) is 19.9 Å². The van der Waals surface area contributed by atoms with Crippen molar-refractivity contribution < 1.29 is 24.5 Å². The lowest BCUT2D eigenvalue weighted by atomic mass is 10.00. The summed E-state index contributed by atoms with van der Waals surface area (Å²) in [5.41, 5.74) is 0.723. The zero-order valence-corrected chi connectivity index (χ0v) is 18.3. The lowest BCUT2D eigenvalue weighted by Gasteiger charge is -2.37. The fraction of sp³-hybridized carbons (Fsp3) is 0.591. The van der Waals surface area contributed by atoms with E-state index in [1.165, 1.54) is 6.20 Å². The number of fused-ring (bicyclic) bond motifs is 1. The predicted molar refractivity (Wildman–Crippen MR) is 112 cm³/mol. The van der Waals surface area contributed by atoms with Crippen molar-refractivity contribution in [3.05, 3.63) is 23.4 Å². The van der Waals surface area contributed by atoms with E-state index in [1.807, 2.05) is 6.92 Å². The standard InChI is InChI=1S/C22H31N3O5/c1-6-20(28)24(5)12-19-14(2)11-25(15(3)13-26)22(29)18-9-17(8-7-16(4)27)10-23-21(18)30-19/h9-10,14-16,19,26-27H,6,11-13H2,1-5H3/t14-,15-,16+,19+/m0/s1. The molecule has 0 spiro atoms. The lowest BCUT2D eigenvalue weighted by molar-refractivity contribution is -0.131. The second-order valence-electron chi connectivity index (χ2n) is 7.77. The van der Waals surface area contributed by atoms with Crippen LogP contribution in [0.5, 0.6) is 5.88 Å². The lowest BCUT2D eigenvalue weighted by Crippen LogP contribution is -2.50. The van der Waals surface area contributed by atoms with Gasteiger partial charge in [-0.25, -0.2) is 4.98 Å². The molecule has 0 saturated carbocycles. The third kappa shape index (κ3) is 5.71. The maximum Gasteiger partial charge on any atom is 0.259 e. The minimum absolute atomic E-state index is 0.00134. The van der Waals surface area contributed by atoms with Crippen LogP contribution < -0.4 is 4.74 Å². The Morgan fingerprint density at radius 3 is 2.77 bits per heavy atom. The molecule has 0 radical (unpaired) electrons. The predicted octanol–water partition coefficient (Wildman–Crippen LogP) is 0.902. The summed E-state index contributed by atoms with van der Waals surface area (Å²) in [7, 11) is 1.73. The molecule has 8 nitrogen and oxygen atoms in total. The van der Waals surface area contributed by atoms with Crippen molar-refractivity contribution in [2.24, 2.45) is 5.92 Å². The number of amides is 2. The summed E-state index contributed by atoms with van der Waals surface area (Å²) in [6.45, 7) is 7.62. The minimum atomic E-state index is -0.804. The van der Waals surface area contributed by atoms with E-state index in [9.17, 15) is 19.8 Å². The molecule has 164 valence electrons. The molecular formula is C22H31N3O5. The molecular weight excluding hydrogens is 386 g/mol. The molecule has 0 unspecified atom stereocenters. The van der Waals surface area contributed by atoms with Crippen molar-refractivity contribution in [2.75, 3.05) is 26.7 Å². The van der Waals surface area contributed by atoms with E-state index in [2.05, 4.69) is 16.8 Å². The topological polar surface area (TPSA) is 103 Å². The van der Waals surface area contributed by atoms with Crippen molar-refractivity contribution in [3.8, 4) is 17.7 Å². The van der Waals surface area contributed by atoms with Gasteiger partial charge in [0.25, 0.3) is 5.91 Å². The molecule has 0 saturated heterocycles. The van der Waals surface area contributed by atoms with E-state index in [0.29, 0.717) is 25.1 Å². The van der Waals surface area contributed by atoms with Crippen LogP contribution in [0.15, 0.2) is 12.3 Å². The highest BCUT2D eigenvalue weighted by Crippen LogP contribution is 2.27. The van der Waals surface area contributed by atoms with Gasteiger partial charge in [-0.15, -0.1) is 0 Å². The number of nitrogens with zero attached hydrogens (tertiary/aromatic N) is 3. The normalized spacial score (nSPS) is 20.6. The number of aromatic nitrogens is 1. The minimum Gasteiger partial charge on any atom is -0.472 e. The van der Waals surface area contributed by atoms with Gasteiger partial charge in [-0.1, -0.05) is 25.7 Å². The Labute approximate surface area is 177 Å². The summed E-state index contributed by atoms with van der Waals surface area (Å²) in [6.07, 6.45) is 0.699. The Kier molecular flexibility index (Phi) is 8.21. The second kappa shape index (κ2) is 10.4. The maximum atomic E-state index is 13.2. The Balaban J connectivity index is 2.47. The molecule has 30 heavy (non-hydrogen) atoms. The third-order valence-electron chi connectivity index (χ3n) is 5.13. The smallest absolute Gasteiger partial charge is 0.259 e. The van der Waals surface area contributed by atoms with E-state index in [-0.39, 0.29) is 41.9 Å². The van der Waals surface area contributed by atoms with Gasteiger partial charge in [0, 0.05) is 37.7 Å². The van der Waals surface area contributed by atoms with Crippen molar-refractivity contribution in [3.63, 3.8) is 0 Å². The van der Waals surface area contributed by atoms with E-state index in [4.69, 9.17) is 4.74 Å². The largest absolute Gasteiger partial charge is 0.472 e. The van der Waals surface area contributed by atoms with Gasteiger partial charge < -0.3 is 24.7 Å². The quantitative estimate of drug-likeness (QED) is 0.690. The number of rotatable bonds is 5. The SMILES string of the molecule is CCC(=O)N(C)C[C@H]1Oc2ncc(C#C[C@@H](C)O)cc2C(=O)N([C@@H](C)CO)C[C@@H]1C. The van der Waals surface area contributed by atoms with Gasteiger partial charge in [0.1, 0.15) is 17.8 Å². The van der Waals surface area contributed by atoms with Crippen molar-refractivity contribution >= 4 is 11.8 Å². The van der Waals surface area contributed by atoms with Gasteiger partial charge in [-0.3, -0.25) is 9.59 Å². The number of carbonyl (C=O) groups excluding carboxylic acids is 2. The molecule has 0 aromatic carbocycles. The molecule has 1 aromatic heterocycles. The van der Waals surface area contributed by atoms with Crippen LogP contribution in [0.1, 0.15) is 50.0 Å².